The molecule has 0 aromatic heterocycles. The molecule has 0 fully saturated rings. The third-order valence-corrected chi connectivity index (χ3v) is 3.75. The highest BCUT2D eigenvalue weighted by Gasteiger charge is 2.04. The normalized spacial score (nSPS) is 11.7. The molecule has 0 aliphatic rings. The second-order valence-corrected chi connectivity index (χ2v) is 5.63. The summed E-state index contributed by atoms with van der Waals surface area (Å²) in [6.07, 6.45) is 2.79. The van der Waals surface area contributed by atoms with E-state index in [2.05, 4.69) is 12.2 Å². The second kappa shape index (κ2) is 9.28. The van der Waals surface area contributed by atoms with Gasteiger partial charge in [-0.2, -0.15) is 0 Å². The van der Waals surface area contributed by atoms with Gasteiger partial charge in [-0.3, -0.25) is 0 Å². The maximum atomic E-state index is 9.45. The number of phenols is 3. The number of phenolic OH excluding ortho intramolecular Hbond substituents is 3. The lowest BCUT2D eigenvalue weighted by molar-refractivity contribution is 0.403. The van der Waals surface area contributed by atoms with Crippen molar-refractivity contribution in [2.24, 2.45) is 0 Å². The van der Waals surface area contributed by atoms with Gasteiger partial charge in [-0.1, -0.05) is 18.2 Å². The van der Waals surface area contributed by atoms with Gasteiger partial charge in [-0.05, 0) is 68.1 Å². The van der Waals surface area contributed by atoms with Crippen molar-refractivity contribution in [3.63, 3.8) is 0 Å². The van der Waals surface area contributed by atoms with Gasteiger partial charge >= 0.3 is 0 Å². The number of hydrogen-bond donors (Lipinski definition) is 4. The molecule has 5 heteroatoms. The van der Waals surface area contributed by atoms with Crippen LogP contribution in [0.2, 0.25) is 0 Å². The lowest BCUT2D eigenvalue weighted by Gasteiger charge is -2.14. The fraction of sp³-hybridized carbons (Fsp3) is 0.333. The van der Waals surface area contributed by atoms with Crippen LogP contribution in [0.3, 0.4) is 0 Å². The molecule has 0 radical (unpaired) electrons. The van der Waals surface area contributed by atoms with Crippen LogP contribution < -0.4 is 5.32 Å². The lowest BCUT2D eigenvalue weighted by atomic mass is 10.1. The summed E-state index contributed by atoms with van der Waals surface area (Å²) in [5.41, 5.74) is 2.21. The summed E-state index contributed by atoms with van der Waals surface area (Å²) in [4.78, 5) is 0. The van der Waals surface area contributed by atoms with E-state index in [-0.39, 0.29) is 23.9 Å². The van der Waals surface area contributed by atoms with Gasteiger partial charge in [0.15, 0.2) is 11.5 Å². The molecular formula is C18H24ClNO3. The Morgan fingerprint density at radius 2 is 1.61 bits per heavy atom. The summed E-state index contributed by atoms with van der Waals surface area (Å²) in [5, 5.41) is 31.4. The molecule has 126 valence electrons. The fourth-order valence-corrected chi connectivity index (χ4v) is 2.34. The molecule has 0 saturated heterocycles. The third-order valence-electron chi connectivity index (χ3n) is 3.75. The summed E-state index contributed by atoms with van der Waals surface area (Å²) < 4.78 is 0. The molecule has 0 bridgehead atoms. The summed E-state index contributed by atoms with van der Waals surface area (Å²) in [6, 6.07) is 12.6. The van der Waals surface area contributed by atoms with E-state index in [4.69, 9.17) is 0 Å². The van der Waals surface area contributed by atoms with Crippen molar-refractivity contribution in [3.05, 3.63) is 53.6 Å². The van der Waals surface area contributed by atoms with Gasteiger partial charge < -0.3 is 20.6 Å². The van der Waals surface area contributed by atoms with Crippen LogP contribution in [0.4, 0.5) is 0 Å². The van der Waals surface area contributed by atoms with Crippen molar-refractivity contribution in [2.75, 3.05) is 6.54 Å². The van der Waals surface area contributed by atoms with E-state index in [1.807, 2.05) is 18.2 Å². The van der Waals surface area contributed by atoms with Crippen molar-refractivity contribution in [3.8, 4) is 17.2 Å². The van der Waals surface area contributed by atoms with Crippen molar-refractivity contribution < 1.29 is 15.3 Å². The molecule has 0 saturated carbocycles. The summed E-state index contributed by atoms with van der Waals surface area (Å²) >= 11 is 0. The molecule has 23 heavy (non-hydrogen) atoms. The Balaban J connectivity index is 0.00000264. The van der Waals surface area contributed by atoms with Gasteiger partial charge in [0, 0.05) is 6.04 Å². The Labute approximate surface area is 143 Å². The zero-order valence-electron chi connectivity index (χ0n) is 13.2. The first-order valence-corrected chi connectivity index (χ1v) is 7.57. The minimum atomic E-state index is -0.0843. The molecule has 0 amide bonds. The maximum absolute atomic E-state index is 9.45. The number of hydrogen-bond acceptors (Lipinski definition) is 4. The van der Waals surface area contributed by atoms with Crippen LogP contribution >= 0.6 is 12.4 Å². The third kappa shape index (κ3) is 6.38. The number of nitrogens with one attached hydrogen (secondary N) is 1. The number of aryl methyl sites for hydroxylation is 1. The molecule has 4 N–H and O–H groups in total. The van der Waals surface area contributed by atoms with E-state index >= 15 is 0 Å². The molecule has 0 aliphatic carbocycles. The molecule has 2 rings (SSSR count). The standard InChI is InChI=1S/C18H23NO3.ClH/c1-13(2-3-14-4-7-16(20)8-5-14)19-11-10-15-6-9-17(21)18(22)12-15;/h4-9,12-13,19-22H,2-3,10-11H2,1H3;1H/i11+2;. The van der Waals surface area contributed by atoms with Crippen LogP contribution in [0.1, 0.15) is 24.5 Å². The average molecular weight is 340 g/mol. The minimum absolute atomic E-state index is 0. The lowest BCUT2D eigenvalue weighted by Crippen LogP contribution is -2.28. The predicted molar refractivity (Wildman–Crippen MR) is 94.6 cm³/mol. The second-order valence-electron chi connectivity index (χ2n) is 5.63. The van der Waals surface area contributed by atoms with Gasteiger partial charge in [-0.25, -0.2) is 0 Å². The van der Waals surface area contributed by atoms with Crippen LogP contribution in [0, 0.1) is 0 Å². The fourth-order valence-electron chi connectivity index (χ4n) is 2.34. The molecule has 1 unspecified atom stereocenters. The average Bonchev–Trinajstić information content (AvgIpc) is 2.50. The topological polar surface area (TPSA) is 72.7 Å². The van der Waals surface area contributed by atoms with E-state index in [1.54, 1.807) is 18.2 Å². The Bertz CT molecular complexity index is 602. The Morgan fingerprint density at radius 3 is 2.26 bits per heavy atom. The number of benzene rings is 2. The van der Waals surface area contributed by atoms with Crippen LogP contribution in [0.25, 0.3) is 0 Å². The van der Waals surface area contributed by atoms with E-state index in [1.165, 1.54) is 11.6 Å². The first-order chi connectivity index (χ1) is 10.5. The monoisotopic (exact) mass is 339 g/mol. The predicted octanol–water partition coefficient (Wildman–Crippen LogP) is 3.38. The maximum Gasteiger partial charge on any atom is 0.157 e. The molecule has 0 heterocycles. The number of rotatable bonds is 7. The SMILES string of the molecule is CC(CCc1ccc(O)cc1)N[14CH2]Cc1ccc(O)c(O)c1.Cl. The van der Waals surface area contributed by atoms with E-state index in [9.17, 15) is 15.3 Å². The summed E-state index contributed by atoms with van der Waals surface area (Å²) in [7, 11) is 0. The zero-order chi connectivity index (χ0) is 15.9. The highest BCUT2D eigenvalue weighted by molar-refractivity contribution is 5.85. The highest BCUT2D eigenvalue weighted by Crippen LogP contribution is 2.24. The Hall–Kier alpha value is -1.91. The zero-order valence-corrected chi connectivity index (χ0v) is 14.0. The van der Waals surface area contributed by atoms with Crippen molar-refractivity contribution in [2.45, 2.75) is 32.2 Å². The van der Waals surface area contributed by atoms with Crippen molar-refractivity contribution in [1.82, 2.24) is 5.32 Å². The molecule has 0 spiro atoms. The molecular weight excluding hydrogens is 316 g/mol. The highest BCUT2D eigenvalue weighted by atomic mass is 35.5. The first kappa shape index (κ1) is 19.1. The summed E-state index contributed by atoms with van der Waals surface area (Å²) in [6.45, 7) is 2.97. The van der Waals surface area contributed by atoms with Gasteiger partial charge in [-0.15, -0.1) is 12.4 Å². The molecule has 0 aliphatic heterocycles. The molecule has 4 nitrogen and oxygen atoms in total. The minimum Gasteiger partial charge on any atom is -0.508 e. The smallest absolute Gasteiger partial charge is 0.157 e. The van der Waals surface area contributed by atoms with Crippen LogP contribution in [-0.2, 0) is 12.8 Å². The molecule has 1 atom stereocenters. The molecule has 2 aromatic rings. The summed E-state index contributed by atoms with van der Waals surface area (Å²) in [5.74, 6) is 0.143. The Morgan fingerprint density at radius 1 is 0.957 bits per heavy atom. The van der Waals surface area contributed by atoms with E-state index in [0.29, 0.717) is 11.8 Å². The first-order valence-electron chi connectivity index (χ1n) is 7.57. The van der Waals surface area contributed by atoms with Gasteiger partial charge in [0.2, 0.25) is 0 Å². The van der Waals surface area contributed by atoms with Gasteiger partial charge in [0.05, 0.1) is 0 Å². The molecule has 2 aromatic carbocycles. The van der Waals surface area contributed by atoms with Crippen LogP contribution in [0.5, 0.6) is 17.2 Å². The van der Waals surface area contributed by atoms with E-state index < -0.39 is 0 Å². The van der Waals surface area contributed by atoms with Crippen LogP contribution in [0.15, 0.2) is 42.5 Å². The van der Waals surface area contributed by atoms with Crippen LogP contribution in [-0.4, -0.2) is 27.9 Å². The van der Waals surface area contributed by atoms with Crippen molar-refractivity contribution in [1.29, 1.82) is 0 Å². The van der Waals surface area contributed by atoms with Crippen molar-refractivity contribution >= 4 is 12.4 Å². The number of aromatic hydroxyl groups is 3. The Kier molecular flexibility index (Phi) is 7.72. The van der Waals surface area contributed by atoms with Gasteiger partial charge in [0.1, 0.15) is 5.75 Å². The largest absolute Gasteiger partial charge is 0.508 e. The quantitative estimate of drug-likeness (QED) is 0.583. The number of halogens is 1. The van der Waals surface area contributed by atoms with E-state index in [0.717, 1.165) is 31.4 Å². The van der Waals surface area contributed by atoms with Gasteiger partial charge in [0.25, 0.3) is 0 Å².